The summed E-state index contributed by atoms with van der Waals surface area (Å²) in [5.74, 6) is 0.152. The first-order chi connectivity index (χ1) is 7.74. The molecule has 0 aromatic carbocycles. The lowest BCUT2D eigenvalue weighted by molar-refractivity contribution is -0.130. The van der Waals surface area contributed by atoms with Crippen molar-refractivity contribution in [1.82, 2.24) is 9.88 Å². The molecule has 1 aromatic heterocycles. The molecule has 88 valence electrons. The molecule has 0 aliphatic carbocycles. The van der Waals surface area contributed by atoms with Gasteiger partial charge in [-0.2, -0.15) is 0 Å². The van der Waals surface area contributed by atoms with Crippen molar-refractivity contribution in [3.05, 3.63) is 30.1 Å². The van der Waals surface area contributed by atoms with E-state index < -0.39 is 0 Å². The third-order valence-corrected chi connectivity index (χ3v) is 2.40. The first kappa shape index (κ1) is 12.6. The Labute approximate surface area is 96.5 Å². The fourth-order valence-electron chi connectivity index (χ4n) is 1.43. The zero-order valence-electron chi connectivity index (χ0n) is 9.72. The Morgan fingerprint density at radius 3 is 2.88 bits per heavy atom. The SMILES string of the molecule is CN(Cc1ccccn1)C(=O)CCCCN. The number of nitrogens with zero attached hydrogens (tertiary/aromatic N) is 2. The summed E-state index contributed by atoms with van der Waals surface area (Å²) in [6.45, 7) is 1.22. The van der Waals surface area contributed by atoms with E-state index in [9.17, 15) is 4.79 Å². The third-order valence-electron chi connectivity index (χ3n) is 2.40. The summed E-state index contributed by atoms with van der Waals surface area (Å²) >= 11 is 0. The van der Waals surface area contributed by atoms with Crippen molar-refractivity contribution in [2.24, 2.45) is 5.73 Å². The van der Waals surface area contributed by atoms with E-state index >= 15 is 0 Å². The number of carbonyl (C=O) groups is 1. The Bertz CT molecular complexity index is 313. The molecule has 0 spiro atoms. The van der Waals surface area contributed by atoms with Crippen LogP contribution in [0.5, 0.6) is 0 Å². The smallest absolute Gasteiger partial charge is 0.222 e. The van der Waals surface area contributed by atoms with Crippen molar-refractivity contribution < 1.29 is 4.79 Å². The molecular weight excluding hydrogens is 202 g/mol. The summed E-state index contributed by atoms with van der Waals surface area (Å²) in [6, 6.07) is 5.71. The van der Waals surface area contributed by atoms with E-state index in [1.54, 1.807) is 18.1 Å². The van der Waals surface area contributed by atoms with E-state index in [4.69, 9.17) is 5.73 Å². The first-order valence-corrected chi connectivity index (χ1v) is 5.58. The van der Waals surface area contributed by atoms with Crippen molar-refractivity contribution in [3.63, 3.8) is 0 Å². The molecule has 0 fully saturated rings. The highest BCUT2D eigenvalue weighted by Gasteiger charge is 2.08. The molecule has 0 saturated carbocycles. The van der Waals surface area contributed by atoms with Gasteiger partial charge in [-0.15, -0.1) is 0 Å². The second kappa shape index (κ2) is 6.95. The van der Waals surface area contributed by atoms with Gasteiger partial charge in [0.25, 0.3) is 0 Å². The van der Waals surface area contributed by atoms with Crippen LogP contribution in [0.4, 0.5) is 0 Å². The van der Waals surface area contributed by atoms with Gasteiger partial charge in [0, 0.05) is 19.7 Å². The zero-order valence-corrected chi connectivity index (χ0v) is 9.72. The number of unbranched alkanes of at least 4 members (excludes halogenated alkanes) is 1. The molecule has 4 nitrogen and oxygen atoms in total. The third kappa shape index (κ3) is 4.40. The first-order valence-electron chi connectivity index (χ1n) is 5.58. The molecule has 1 rings (SSSR count). The molecule has 0 atom stereocenters. The van der Waals surface area contributed by atoms with E-state index in [-0.39, 0.29) is 5.91 Å². The Kier molecular flexibility index (Phi) is 5.50. The van der Waals surface area contributed by atoms with Crippen LogP contribution in [0.1, 0.15) is 25.0 Å². The lowest BCUT2D eigenvalue weighted by Gasteiger charge is -2.16. The number of nitrogens with two attached hydrogens (primary N) is 1. The number of hydrogen-bond donors (Lipinski definition) is 1. The minimum atomic E-state index is 0.152. The van der Waals surface area contributed by atoms with Crippen LogP contribution in [-0.4, -0.2) is 29.4 Å². The molecule has 0 radical (unpaired) electrons. The van der Waals surface area contributed by atoms with Crippen LogP contribution in [0.25, 0.3) is 0 Å². The standard InChI is InChI=1S/C12H19N3O/c1-15(12(16)7-2-4-8-13)10-11-6-3-5-9-14-11/h3,5-6,9H,2,4,7-8,10,13H2,1H3. The molecule has 0 aliphatic heterocycles. The van der Waals surface area contributed by atoms with E-state index in [2.05, 4.69) is 4.98 Å². The van der Waals surface area contributed by atoms with Gasteiger partial charge in [0.05, 0.1) is 12.2 Å². The molecule has 1 amide bonds. The highest BCUT2D eigenvalue weighted by atomic mass is 16.2. The summed E-state index contributed by atoms with van der Waals surface area (Å²) < 4.78 is 0. The molecular formula is C12H19N3O. The average molecular weight is 221 g/mol. The van der Waals surface area contributed by atoms with Gasteiger partial charge in [0.1, 0.15) is 0 Å². The van der Waals surface area contributed by atoms with E-state index in [0.717, 1.165) is 18.5 Å². The maximum absolute atomic E-state index is 11.7. The molecule has 1 aromatic rings. The van der Waals surface area contributed by atoms with Crippen molar-refractivity contribution in [2.45, 2.75) is 25.8 Å². The van der Waals surface area contributed by atoms with Crippen molar-refractivity contribution in [1.29, 1.82) is 0 Å². The topological polar surface area (TPSA) is 59.2 Å². The lowest BCUT2D eigenvalue weighted by atomic mass is 10.2. The number of aromatic nitrogens is 1. The van der Waals surface area contributed by atoms with Gasteiger partial charge >= 0.3 is 0 Å². The Balaban J connectivity index is 2.34. The van der Waals surface area contributed by atoms with Crippen LogP contribution in [0.15, 0.2) is 24.4 Å². The quantitative estimate of drug-likeness (QED) is 0.733. The Hall–Kier alpha value is -1.42. The van der Waals surface area contributed by atoms with Crippen LogP contribution in [0.3, 0.4) is 0 Å². The maximum Gasteiger partial charge on any atom is 0.222 e. The van der Waals surface area contributed by atoms with Crippen molar-refractivity contribution in [3.8, 4) is 0 Å². The van der Waals surface area contributed by atoms with Gasteiger partial charge in [0.15, 0.2) is 0 Å². The molecule has 16 heavy (non-hydrogen) atoms. The lowest BCUT2D eigenvalue weighted by Crippen LogP contribution is -2.26. The minimum Gasteiger partial charge on any atom is -0.340 e. The summed E-state index contributed by atoms with van der Waals surface area (Å²) in [7, 11) is 1.81. The predicted molar refractivity (Wildman–Crippen MR) is 63.6 cm³/mol. The molecule has 0 bridgehead atoms. The second-order valence-corrected chi connectivity index (χ2v) is 3.82. The largest absolute Gasteiger partial charge is 0.340 e. The number of amides is 1. The zero-order chi connectivity index (χ0) is 11.8. The van der Waals surface area contributed by atoms with E-state index in [1.807, 2.05) is 18.2 Å². The molecule has 0 saturated heterocycles. The Morgan fingerprint density at radius 1 is 1.44 bits per heavy atom. The second-order valence-electron chi connectivity index (χ2n) is 3.82. The number of rotatable bonds is 6. The van der Waals surface area contributed by atoms with E-state index in [1.165, 1.54) is 0 Å². The molecule has 1 heterocycles. The summed E-state index contributed by atoms with van der Waals surface area (Å²) in [5.41, 5.74) is 6.29. The van der Waals surface area contributed by atoms with Gasteiger partial charge in [-0.1, -0.05) is 6.07 Å². The monoisotopic (exact) mass is 221 g/mol. The minimum absolute atomic E-state index is 0.152. The summed E-state index contributed by atoms with van der Waals surface area (Å²) in [4.78, 5) is 17.6. The number of hydrogen-bond acceptors (Lipinski definition) is 3. The highest BCUT2D eigenvalue weighted by molar-refractivity contribution is 5.75. The molecule has 0 unspecified atom stereocenters. The molecule has 4 heteroatoms. The number of pyridine rings is 1. The molecule has 0 aliphatic rings. The maximum atomic E-state index is 11.7. The van der Waals surface area contributed by atoms with Gasteiger partial charge in [-0.25, -0.2) is 0 Å². The van der Waals surface area contributed by atoms with Gasteiger partial charge in [-0.3, -0.25) is 9.78 Å². The van der Waals surface area contributed by atoms with Gasteiger partial charge in [-0.05, 0) is 31.5 Å². The highest BCUT2D eigenvalue weighted by Crippen LogP contribution is 2.03. The number of carbonyl (C=O) groups excluding carboxylic acids is 1. The van der Waals surface area contributed by atoms with Gasteiger partial charge in [0.2, 0.25) is 5.91 Å². The van der Waals surface area contributed by atoms with Gasteiger partial charge < -0.3 is 10.6 Å². The van der Waals surface area contributed by atoms with Crippen LogP contribution < -0.4 is 5.73 Å². The summed E-state index contributed by atoms with van der Waals surface area (Å²) in [5, 5.41) is 0. The average Bonchev–Trinajstić information content (AvgIpc) is 2.30. The Morgan fingerprint density at radius 2 is 2.25 bits per heavy atom. The van der Waals surface area contributed by atoms with E-state index in [0.29, 0.717) is 19.5 Å². The van der Waals surface area contributed by atoms with Crippen molar-refractivity contribution >= 4 is 5.91 Å². The predicted octanol–water partition coefficient (Wildman–Crippen LogP) is 1.17. The fraction of sp³-hybridized carbons (Fsp3) is 0.500. The normalized spacial score (nSPS) is 10.1. The fourth-order valence-corrected chi connectivity index (χ4v) is 1.43. The molecule has 2 N–H and O–H groups in total. The summed E-state index contributed by atoms with van der Waals surface area (Å²) in [6.07, 6.45) is 4.08. The van der Waals surface area contributed by atoms with Crippen LogP contribution in [0.2, 0.25) is 0 Å². The van der Waals surface area contributed by atoms with Crippen molar-refractivity contribution in [2.75, 3.05) is 13.6 Å². The van der Waals surface area contributed by atoms with Crippen LogP contribution in [0, 0.1) is 0 Å². The van der Waals surface area contributed by atoms with Crippen LogP contribution >= 0.6 is 0 Å². The van der Waals surface area contributed by atoms with Crippen LogP contribution in [-0.2, 0) is 11.3 Å².